The van der Waals surface area contributed by atoms with Crippen molar-refractivity contribution in [2.45, 2.75) is 32.1 Å². The van der Waals surface area contributed by atoms with Crippen LogP contribution in [0.25, 0.3) is 0 Å². The molecule has 22 heavy (non-hydrogen) atoms. The van der Waals surface area contributed by atoms with Crippen LogP contribution in [0.4, 0.5) is 0 Å². The summed E-state index contributed by atoms with van der Waals surface area (Å²) < 4.78 is 0. The Morgan fingerprint density at radius 2 is 1.91 bits per heavy atom. The lowest BCUT2D eigenvalue weighted by Crippen LogP contribution is -2.41. The van der Waals surface area contributed by atoms with E-state index in [2.05, 4.69) is 21.9 Å². The highest BCUT2D eigenvalue weighted by atomic mass is 127. The summed E-state index contributed by atoms with van der Waals surface area (Å²) in [6.45, 7) is 2.03. The third kappa shape index (κ3) is 9.76. The van der Waals surface area contributed by atoms with E-state index >= 15 is 0 Å². The van der Waals surface area contributed by atoms with Crippen LogP contribution in [-0.2, 0) is 4.79 Å². The zero-order valence-electron chi connectivity index (χ0n) is 14.1. The van der Waals surface area contributed by atoms with Gasteiger partial charge in [-0.3, -0.25) is 4.79 Å². The number of likely N-dealkylation sites (N-methyl/N-ethyl adjacent to an activating group) is 1. The minimum Gasteiger partial charge on any atom is -0.356 e. The summed E-state index contributed by atoms with van der Waals surface area (Å²) in [6.07, 6.45) is 8.77. The fraction of sp³-hybridized carbons (Fsp3) is 0.867. The normalized spacial score (nSPS) is 15.9. The lowest BCUT2D eigenvalue weighted by Gasteiger charge is -2.23. The largest absolute Gasteiger partial charge is 0.356 e. The maximum absolute atomic E-state index is 11.6. The number of halogens is 1. The molecule has 2 N–H and O–H groups in total. The molecule has 1 fully saturated rings. The molecule has 0 atom stereocenters. The number of guanidine groups is 1. The predicted octanol–water partition coefficient (Wildman–Crippen LogP) is 2.17. The van der Waals surface area contributed by atoms with Crippen LogP contribution in [0.3, 0.4) is 0 Å². The van der Waals surface area contributed by atoms with Gasteiger partial charge < -0.3 is 15.5 Å². The lowest BCUT2D eigenvalue weighted by molar-refractivity contribution is -0.127. The van der Waals surface area contributed by atoms with Crippen LogP contribution in [-0.4, -0.2) is 62.5 Å². The SMILES string of the molecule is CSCCNC(=NCC(=O)N(C)C)NCC1CCCCC1.I. The van der Waals surface area contributed by atoms with E-state index in [1.54, 1.807) is 30.8 Å². The Balaban J connectivity index is 0.00000441. The van der Waals surface area contributed by atoms with Crippen molar-refractivity contribution in [3.05, 3.63) is 0 Å². The van der Waals surface area contributed by atoms with Gasteiger partial charge in [-0.2, -0.15) is 11.8 Å². The van der Waals surface area contributed by atoms with E-state index in [0.29, 0.717) is 0 Å². The molecule has 5 nitrogen and oxygen atoms in total. The van der Waals surface area contributed by atoms with Crippen LogP contribution in [0.15, 0.2) is 4.99 Å². The number of thioether (sulfide) groups is 1. The Kier molecular flexibility index (Phi) is 13.2. The zero-order chi connectivity index (χ0) is 15.5. The molecule has 0 aromatic heterocycles. The Bertz CT molecular complexity index is 334. The van der Waals surface area contributed by atoms with E-state index in [1.807, 2.05) is 0 Å². The number of carbonyl (C=O) groups is 1. The first-order chi connectivity index (χ1) is 10.1. The smallest absolute Gasteiger partial charge is 0.243 e. The zero-order valence-corrected chi connectivity index (χ0v) is 17.2. The molecule has 0 radical (unpaired) electrons. The number of hydrogen-bond donors (Lipinski definition) is 2. The van der Waals surface area contributed by atoms with Crippen LogP contribution in [0.1, 0.15) is 32.1 Å². The third-order valence-corrected chi connectivity index (χ3v) is 4.37. The average Bonchev–Trinajstić information content (AvgIpc) is 2.50. The Morgan fingerprint density at radius 3 is 2.50 bits per heavy atom. The highest BCUT2D eigenvalue weighted by molar-refractivity contribution is 14.0. The molecule has 0 unspecified atom stereocenters. The van der Waals surface area contributed by atoms with Crippen molar-refractivity contribution < 1.29 is 4.79 Å². The fourth-order valence-electron chi connectivity index (χ4n) is 2.37. The third-order valence-electron chi connectivity index (χ3n) is 3.75. The van der Waals surface area contributed by atoms with Crippen LogP contribution in [0.5, 0.6) is 0 Å². The van der Waals surface area contributed by atoms with Crippen molar-refractivity contribution in [3.63, 3.8) is 0 Å². The van der Waals surface area contributed by atoms with Gasteiger partial charge in [0.1, 0.15) is 6.54 Å². The second kappa shape index (κ2) is 13.3. The first-order valence-electron chi connectivity index (χ1n) is 7.84. The Morgan fingerprint density at radius 1 is 1.23 bits per heavy atom. The number of nitrogens with one attached hydrogen (secondary N) is 2. The van der Waals surface area contributed by atoms with Crippen molar-refractivity contribution in [1.82, 2.24) is 15.5 Å². The van der Waals surface area contributed by atoms with Crippen molar-refractivity contribution >= 4 is 47.6 Å². The van der Waals surface area contributed by atoms with E-state index < -0.39 is 0 Å². The predicted molar refractivity (Wildman–Crippen MR) is 107 cm³/mol. The summed E-state index contributed by atoms with van der Waals surface area (Å²) in [6, 6.07) is 0. The molecule has 1 amide bonds. The number of nitrogens with zero attached hydrogens (tertiary/aromatic N) is 2. The summed E-state index contributed by atoms with van der Waals surface area (Å²) in [5, 5.41) is 6.70. The van der Waals surface area contributed by atoms with Crippen molar-refractivity contribution in [2.24, 2.45) is 10.9 Å². The quantitative estimate of drug-likeness (QED) is 0.275. The molecule has 1 rings (SSSR count). The van der Waals surface area contributed by atoms with Crippen molar-refractivity contribution in [1.29, 1.82) is 0 Å². The molecule has 1 saturated carbocycles. The van der Waals surface area contributed by atoms with Gasteiger partial charge in [0, 0.05) is 32.9 Å². The van der Waals surface area contributed by atoms with E-state index in [1.165, 1.54) is 32.1 Å². The summed E-state index contributed by atoms with van der Waals surface area (Å²) in [5.41, 5.74) is 0. The molecule has 0 saturated heterocycles. The van der Waals surface area contributed by atoms with Gasteiger partial charge in [0.05, 0.1) is 0 Å². The van der Waals surface area contributed by atoms with E-state index in [-0.39, 0.29) is 36.4 Å². The highest BCUT2D eigenvalue weighted by Gasteiger charge is 2.13. The van der Waals surface area contributed by atoms with Gasteiger partial charge in [-0.1, -0.05) is 19.3 Å². The standard InChI is InChI=1S/C15H30N4OS.HI/c1-19(2)14(20)12-18-15(16-9-10-21-3)17-11-13-7-5-4-6-8-13;/h13H,4-12H2,1-3H3,(H2,16,17,18);1H. The summed E-state index contributed by atoms with van der Waals surface area (Å²) in [5.74, 6) is 2.57. The molecule has 0 bridgehead atoms. The summed E-state index contributed by atoms with van der Waals surface area (Å²) in [4.78, 5) is 17.6. The van der Waals surface area contributed by atoms with E-state index in [4.69, 9.17) is 0 Å². The second-order valence-corrected chi connectivity index (χ2v) is 6.74. The average molecular weight is 442 g/mol. The number of rotatable bonds is 7. The highest BCUT2D eigenvalue weighted by Crippen LogP contribution is 2.22. The Labute approximate surface area is 156 Å². The molecule has 130 valence electrons. The first kappa shape index (κ1) is 21.8. The summed E-state index contributed by atoms with van der Waals surface area (Å²) >= 11 is 1.80. The molecule has 0 spiro atoms. The number of carbonyl (C=O) groups excluding carboxylic acids is 1. The van der Waals surface area contributed by atoms with E-state index in [0.717, 1.165) is 30.7 Å². The molecule has 0 aliphatic heterocycles. The fourth-order valence-corrected chi connectivity index (χ4v) is 2.67. The van der Waals surface area contributed by atoms with Gasteiger partial charge in [-0.15, -0.1) is 24.0 Å². The molecule has 1 aliphatic carbocycles. The van der Waals surface area contributed by atoms with Crippen LogP contribution < -0.4 is 10.6 Å². The number of amides is 1. The van der Waals surface area contributed by atoms with Crippen LogP contribution in [0.2, 0.25) is 0 Å². The van der Waals surface area contributed by atoms with Gasteiger partial charge >= 0.3 is 0 Å². The topological polar surface area (TPSA) is 56.7 Å². The molecule has 0 heterocycles. The van der Waals surface area contributed by atoms with Gasteiger partial charge in [0.2, 0.25) is 5.91 Å². The van der Waals surface area contributed by atoms with Crippen molar-refractivity contribution in [2.75, 3.05) is 45.7 Å². The number of hydrogen-bond acceptors (Lipinski definition) is 3. The van der Waals surface area contributed by atoms with E-state index in [9.17, 15) is 4.79 Å². The first-order valence-corrected chi connectivity index (χ1v) is 9.24. The molecular formula is C15H31IN4OS. The monoisotopic (exact) mass is 442 g/mol. The molecule has 0 aromatic rings. The summed E-state index contributed by atoms with van der Waals surface area (Å²) in [7, 11) is 3.52. The van der Waals surface area contributed by atoms with Gasteiger partial charge in [-0.25, -0.2) is 4.99 Å². The minimum absolute atomic E-state index is 0. The molecule has 7 heteroatoms. The second-order valence-electron chi connectivity index (χ2n) is 5.76. The lowest BCUT2D eigenvalue weighted by atomic mass is 9.89. The van der Waals surface area contributed by atoms with Crippen LogP contribution >= 0.6 is 35.7 Å². The maximum atomic E-state index is 11.6. The molecule has 1 aliphatic rings. The van der Waals surface area contributed by atoms with Gasteiger partial charge in [0.25, 0.3) is 0 Å². The maximum Gasteiger partial charge on any atom is 0.243 e. The molecule has 0 aromatic carbocycles. The minimum atomic E-state index is 0. The van der Waals surface area contributed by atoms with Gasteiger partial charge in [-0.05, 0) is 25.0 Å². The van der Waals surface area contributed by atoms with Crippen molar-refractivity contribution in [3.8, 4) is 0 Å². The Hall–Kier alpha value is -0.180. The van der Waals surface area contributed by atoms with Gasteiger partial charge in [0.15, 0.2) is 5.96 Å². The van der Waals surface area contributed by atoms with Crippen LogP contribution in [0, 0.1) is 5.92 Å². The number of aliphatic imine (C=N–C) groups is 1. The molecular weight excluding hydrogens is 411 g/mol.